The van der Waals surface area contributed by atoms with Gasteiger partial charge in [0.15, 0.2) is 0 Å². The minimum Gasteiger partial charge on any atom is -0.490 e. The summed E-state index contributed by atoms with van der Waals surface area (Å²) in [6.45, 7) is 5.94. The van der Waals surface area contributed by atoms with E-state index < -0.39 is 0 Å². The Morgan fingerprint density at radius 2 is 2.19 bits per heavy atom. The fraction of sp³-hybridized carbons (Fsp3) is 0.625. The van der Waals surface area contributed by atoms with Crippen LogP contribution in [0.1, 0.15) is 43.6 Å². The lowest BCUT2D eigenvalue weighted by Gasteiger charge is -2.21. The molecule has 0 spiro atoms. The molecular formula is C16H25N3O2. The summed E-state index contributed by atoms with van der Waals surface area (Å²) in [4.78, 5) is 18.2. The van der Waals surface area contributed by atoms with Crippen molar-refractivity contribution in [2.75, 3.05) is 19.6 Å². The van der Waals surface area contributed by atoms with Crippen LogP contribution in [0.4, 0.5) is 0 Å². The molecule has 2 rings (SSSR count). The summed E-state index contributed by atoms with van der Waals surface area (Å²) in [5.74, 6) is 1.08. The van der Waals surface area contributed by atoms with Crippen LogP contribution in [0.5, 0.6) is 5.75 Å². The number of carbonyl (C=O) groups is 1. The molecule has 1 aliphatic rings. The molecule has 0 aromatic carbocycles. The van der Waals surface area contributed by atoms with Gasteiger partial charge in [-0.3, -0.25) is 9.78 Å². The first kappa shape index (κ1) is 15.8. The van der Waals surface area contributed by atoms with Gasteiger partial charge in [0, 0.05) is 31.3 Å². The molecule has 1 saturated carbocycles. The third kappa shape index (κ3) is 3.73. The first-order chi connectivity index (χ1) is 10.2. The van der Waals surface area contributed by atoms with E-state index in [4.69, 9.17) is 10.5 Å². The van der Waals surface area contributed by atoms with Gasteiger partial charge in [0.2, 0.25) is 0 Å². The summed E-state index contributed by atoms with van der Waals surface area (Å²) in [5, 5.41) is 0. The summed E-state index contributed by atoms with van der Waals surface area (Å²) < 4.78 is 6.03. The number of carbonyl (C=O) groups excluding carboxylic acids is 1. The van der Waals surface area contributed by atoms with Crippen molar-refractivity contribution < 1.29 is 9.53 Å². The molecule has 2 atom stereocenters. The Morgan fingerprint density at radius 3 is 2.86 bits per heavy atom. The zero-order valence-electron chi connectivity index (χ0n) is 12.9. The number of nitrogens with two attached hydrogens (primary N) is 1. The van der Waals surface area contributed by atoms with Crippen molar-refractivity contribution in [1.29, 1.82) is 0 Å². The van der Waals surface area contributed by atoms with Crippen LogP contribution in [0, 0.1) is 5.92 Å². The number of hydrogen-bond acceptors (Lipinski definition) is 4. The van der Waals surface area contributed by atoms with Gasteiger partial charge >= 0.3 is 0 Å². The molecule has 21 heavy (non-hydrogen) atoms. The number of pyridine rings is 1. The maximum atomic E-state index is 12.3. The number of hydrogen-bond donors (Lipinski definition) is 1. The Bertz CT molecular complexity index is 474. The fourth-order valence-electron chi connectivity index (χ4n) is 2.88. The molecular weight excluding hydrogens is 266 g/mol. The van der Waals surface area contributed by atoms with Crippen LogP contribution in [0.3, 0.4) is 0 Å². The largest absolute Gasteiger partial charge is 0.490 e. The molecule has 0 radical (unpaired) electrons. The van der Waals surface area contributed by atoms with Crippen LogP contribution < -0.4 is 10.5 Å². The second-order valence-corrected chi connectivity index (χ2v) is 5.44. The minimum absolute atomic E-state index is 0.0488. The first-order valence-electron chi connectivity index (χ1n) is 7.81. The van der Waals surface area contributed by atoms with E-state index in [-0.39, 0.29) is 12.0 Å². The molecule has 1 aromatic rings. The van der Waals surface area contributed by atoms with Crippen LogP contribution in [0.25, 0.3) is 0 Å². The zero-order chi connectivity index (χ0) is 15.2. The van der Waals surface area contributed by atoms with Gasteiger partial charge in [-0.15, -0.1) is 0 Å². The lowest BCUT2D eigenvalue weighted by atomic mass is 10.1. The molecule has 1 amide bonds. The standard InChI is InChI=1S/C16H25N3O2/c1-3-19(4-2)16(20)14-10-13(8-9-18-14)21-15-7-5-6-12(15)11-17/h8-10,12,15H,3-7,11,17H2,1-2H3. The average Bonchev–Trinajstić information content (AvgIpc) is 2.96. The predicted octanol–water partition coefficient (Wildman–Crippen LogP) is 2.07. The highest BCUT2D eigenvalue weighted by atomic mass is 16.5. The predicted molar refractivity (Wildman–Crippen MR) is 82.3 cm³/mol. The highest BCUT2D eigenvalue weighted by Crippen LogP contribution is 2.29. The summed E-state index contributed by atoms with van der Waals surface area (Å²) in [6, 6.07) is 3.55. The highest BCUT2D eigenvalue weighted by Gasteiger charge is 2.28. The third-order valence-electron chi connectivity index (χ3n) is 4.18. The van der Waals surface area contributed by atoms with Crippen LogP contribution in [0.2, 0.25) is 0 Å². The van der Waals surface area contributed by atoms with Gasteiger partial charge in [-0.25, -0.2) is 0 Å². The Kier molecular flexibility index (Phi) is 5.56. The molecule has 5 heteroatoms. The van der Waals surface area contributed by atoms with E-state index in [9.17, 15) is 4.79 Å². The molecule has 116 valence electrons. The van der Waals surface area contributed by atoms with E-state index in [0.717, 1.165) is 19.3 Å². The van der Waals surface area contributed by atoms with E-state index in [1.54, 1.807) is 17.2 Å². The number of rotatable bonds is 6. The lowest BCUT2D eigenvalue weighted by Crippen LogP contribution is -2.31. The van der Waals surface area contributed by atoms with Gasteiger partial charge in [-0.05, 0) is 45.7 Å². The maximum Gasteiger partial charge on any atom is 0.272 e. The number of nitrogens with zero attached hydrogens (tertiary/aromatic N) is 2. The molecule has 0 saturated heterocycles. The van der Waals surface area contributed by atoms with Crippen LogP contribution in [0.15, 0.2) is 18.3 Å². The summed E-state index contributed by atoms with van der Waals surface area (Å²) in [7, 11) is 0. The molecule has 1 aromatic heterocycles. The van der Waals surface area contributed by atoms with Crippen molar-refractivity contribution in [3.8, 4) is 5.75 Å². The molecule has 2 unspecified atom stereocenters. The summed E-state index contributed by atoms with van der Waals surface area (Å²) in [5.41, 5.74) is 6.22. The van der Waals surface area contributed by atoms with E-state index >= 15 is 0 Å². The smallest absolute Gasteiger partial charge is 0.272 e. The molecule has 1 fully saturated rings. The van der Waals surface area contributed by atoms with Crippen molar-refractivity contribution in [2.24, 2.45) is 11.7 Å². The van der Waals surface area contributed by atoms with Crippen molar-refractivity contribution in [1.82, 2.24) is 9.88 Å². The highest BCUT2D eigenvalue weighted by molar-refractivity contribution is 5.92. The van der Waals surface area contributed by atoms with Crippen molar-refractivity contribution in [3.05, 3.63) is 24.0 Å². The van der Waals surface area contributed by atoms with Crippen LogP contribution in [-0.4, -0.2) is 41.5 Å². The summed E-state index contributed by atoms with van der Waals surface area (Å²) in [6.07, 6.45) is 5.11. The Morgan fingerprint density at radius 1 is 1.43 bits per heavy atom. The summed E-state index contributed by atoms with van der Waals surface area (Å²) >= 11 is 0. The monoisotopic (exact) mass is 291 g/mol. The first-order valence-corrected chi connectivity index (χ1v) is 7.81. The zero-order valence-corrected chi connectivity index (χ0v) is 12.9. The molecule has 2 N–H and O–H groups in total. The van der Waals surface area contributed by atoms with Gasteiger partial charge in [-0.1, -0.05) is 0 Å². The number of ether oxygens (including phenoxy) is 1. The third-order valence-corrected chi connectivity index (χ3v) is 4.18. The van der Waals surface area contributed by atoms with Gasteiger partial charge in [0.1, 0.15) is 17.5 Å². The Balaban J connectivity index is 2.09. The lowest BCUT2D eigenvalue weighted by molar-refractivity contribution is 0.0765. The van der Waals surface area contributed by atoms with Gasteiger partial charge in [0.05, 0.1) is 0 Å². The van der Waals surface area contributed by atoms with Gasteiger partial charge in [-0.2, -0.15) is 0 Å². The van der Waals surface area contributed by atoms with Crippen molar-refractivity contribution in [2.45, 2.75) is 39.2 Å². The Hall–Kier alpha value is -1.62. The van der Waals surface area contributed by atoms with E-state index in [1.165, 1.54) is 0 Å². The Labute approximate surface area is 126 Å². The molecule has 1 heterocycles. The fourth-order valence-corrected chi connectivity index (χ4v) is 2.88. The van der Waals surface area contributed by atoms with E-state index in [1.807, 2.05) is 19.9 Å². The van der Waals surface area contributed by atoms with E-state index in [0.29, 0.717) is 37.0 Å². The topological polar surface area (TPSA) is 68.5 Å². The second kappa shape index (κ2) is 7.41. The minimum atomic E-state index is -0.0488. The van der Waals surface area contributed by atoms with Gasteiger partial charge in [0.25, 0.3) is 5.91 Å². The number of aromatic nitrogens is 1. The SMILES string of the molecule is CCN(CC)C(=O)c1cc(OC2CCCC2CN)ccn1. The maximum absolute atomic E-state index is 12.3. The second-order valence-electron chi connectivity index (χ2n) is 5.44. The normalized spacial score (nSPS) is 21.3. The molecule has 5 nitrogen and oxygen atoms in total. The molecule has 1 aliphatic carbocycles. The van der Waals surface area contributed by atoms with E-state index in [2.05, 4.69) is 4.98 Å². The molecule has 0 aliphatic heterocycles. The quantitative estimate of drug-likeness (QED) is 0.871. The number of amides is 1. The van der Waals surface area contributed by atoms with Crippen LogP contribution >= 0.6 is 0 Å². The van der Waals surface area contributed by atoms with Crippen molar-refractivity contribution >= 4 is 5.91 Å². The van der Waals surface area contributed by atoms with Crippen molar-refractivity contribution in [3.63, 3.8) is 0 Å². The molecule has 0 bridgehead atoms. The van der Waals surface area contributed by atoms with Gasteiger partial charge < -0.3 is 15.4 Å². The van der Waals surface area contributed by atoms with Crippen LogP contribution in [-0.2, 0) is 0 Å². The average molecular weight is 291 g/mol.